The van der Waals surface area contributed by atoms with E-state index in [4.69, 9.17) is 14.7 Å². The van der Waals surface area contributed by atoms with Crippen LogP contribution in [-0.2, 0) is 21.8 Å². The van der Waals surface area contributed by atoms with E-state index in [1.807, 2.05) is 53.3 Å². The van der Waals surface area contributed by atoms with E-state index in [1.54, 1.807) is 23.1 Å². The number of anilines is 2. The molecule has 0 aliphatic carbocycles. The summed E-state index contributed by atoms with van der Waals surface area (Å²) in [6.45, 7) is 3.43. The van der Waals surface area contributed by atoms with Gasteiger partial charge in [-0.05, 0) is 36.6 Å². The lowest BCUT2D eigenvalue weighted by Gasteiger charge is -2.25. The van der Waals surface area contributed by atoms with Crippen molar-refractivity contribution < 1.29 is 9.53 Å². The average molecular weight is 454 g/mol. The lowest BCUT2D eigenvalue weighted by molar-refractivity contribution is -0.116. The number of fused-ring (bicyclic) bond motifs is 2. The van der Waals surface area contributed by atoms with Crippen molar-refractivity contribution in [1.29, 1.82) is 0 Å². The van der Waals surface area contributed by atoms with Crippen molar-refractivity contribution in [3.8, 4) is 0 Å². The van der Waals surface area contributed by atoms with Crippen LogP contribution in [0, 0.1) is 0 Å². The number of nitrogens with one attached hydrogen (secondary N) is 1. The topological polar surface area (TPSA) is 72.3 Å². The zero-order valence-electron chi connectivity index (χ0n) is 17.2. The highest BCUT2D eigenvalue weighted by Gasteiger charge is 2.17. The molecule has 0 atom stereocenters. The van der Waals surface area contributed by atoms with Crippen LogP contribution in [0.5, 0.6) is 0 Å². The highest BCUT2D eigenvalue weighted by molar-refractivity contribution is 7.97. The number of ether oxygens (including phenoxy) is 1. The van der Waals surface area contributed by atoms with Gasteiger partial charge in [0.15, 0.2) is 5.13 Å². The maximum atomic E-state index is 12.9. The first-order valence-electron chi connectivity index (χ1n) is 10.2. The maximum Gasteiger partial charge on any atom is 0.244 e. The summed E-state index contributed by atoms with van der Waals surface area (Å²) in [6, 6.07) is 13.8. The number of nitrogens with zero attached hydrogens (tertiary/aromatic N) is 4. The Morgan fingerprint density at radius 3 is 2.84 bits per heavy atom. The number of hydrogen-bond acceptors (Lipinski definition) is 7. The third kappa shape index (κ3) is 4.26. The maximum absolute atomic E-state index is 12.9. The summed E-state index contributed by atoms with van der Waals surface area (Å²) in [7, 11) is 0. The predicted molar refractivity (Wildman–Crippen MR) is 128 cm³/mol. The molecule has 1 amide bonds. The van der Waals surface area contributed by atoms with Crippen LogP contribution in [0.4, 0.5) is 10.8 Å². The Balaban J connectivity index is 1.34. The second-order valence-corrected chi connectivity index (χ2v) is 9.24. The minimum absolute atomic E-state index is 0.0669. The minimum Gasteiger partial charge on any atom is -0.378 e. The number of carbonyl (C=O) groups is 1. The summed E-state index contributed by atoms with van der Waals surface area (Å²) in [6.07, 6.45) is 2.04. The summed E-state index contributed by atoms with van der Waals surface area (Å²) in [5.41, 5.74) is 3.63. The molecule has 160 valence electrons. The molecule has 31 heavy (non-hydrogen) atoms. The monoisotopic (exact) mass is 453 g/mol. The van der Waals surface area contributed by atoms with Gasteiger partial charge in [-0.25, -0.2) is 9.97 Å². The van der Waals surface area contributed by atoms with Crippen molar-refractivity contribution in [3.05, 3.63) is 48.3 Å². The fourth-order valence-corrected chi connectivity index (χ4v) is 5.30. The van der Waals surface area contributed by atoms with Gasteiger partial charge in [0, 0.05) is 18.8 Å². The van der Waals surface area contributed by atoms with E-state index < -0.39 is 0 Å². The van der Waals surface area contributed by atoms with Crippen LogP contribution in [0.25, 0.3) is 21.3 Å². The van der Waals surface area contributed by atoms with Crippen LogP contribution < -0.4 is 10.2 Å². The fraction of sp³-hybridized carbons (Fsp3) is 0.318. The molecular weight excluding hydrogens is 430 g/mol. The van der Waals surface area contributed by atoms with Crippen LogP contribution in [0.3, 0.4) is 0 Å². The molecule has 7 nitrogen and oxygen atoms in total. The zero-order valence-corrected chi connectivity index (χ0v) is 18.8. The van der Waals surface area contributed by atoms with Crippen molar-refractivity contribution in [1.82, 2.24) is 14.5 Å². The van der Waals surface area contributed by atoms with E-state index >= 15 is 0 Å². The first kappa shape index (κ1) is 20.3. The Bertz CT molecular complexity index is 1230. The summed E-state index contributed by atoms with van der Waals surface area (Å²) in [4.78, 5) is 24.6. The summed E-state index contributed by atoms with van der Waals surface area (Å²) in [5, 5.41) is 4.05. The highest BCUT2D eigenvalue weighted by atomic mass is 32.2. The van der Waals surface area contributed by atoms with E-state index in [2.05, 4.69) is 10.2 Å². The first-order chi connectivity index (χ1) is 15.2. The van der Waals surface area contributed by atoms with Crippen molar-refractivity contribution >= 4 is 61.1 Å². The Hall–Kier alpha value is -2.62. The third-order valence-electron chi connectivity index (χ3n) is 5.25. The molecule has 5 rings (SSSR count). The Labute approximate surface area is 188 Å². The van der Waals surface area contributed by atoms with Crippen molar-refractivity contribution in [3.63, 3.8) is 0 Å². The molecule has 0 spiro atoms. The summed E-state index contributed by atoms with van der Waals surface area (Å²) >= 11 is 3.35. The molecule has 1 aliphatic heterocycles. The number of aromatic nitrogens is 3. The number of thiazole rings is 1. The second kappa shape index (κ2) is 8.86. The number of imidazole rings is 1. The number of thioether (sulfide) groups is 1. The number of para-hydroxylation sites is 2. The average Bonchev–Trinajstić information content (AvgIpc) is 3.36. The van der Waals surface area contributed by atoms with Gasteiger partial charge < -0.3 is 19.5 Å². The van der Waals surface area contributed by atoms with Crippen LogP contribution >= 0.6 is 23.1 Å². The third-order valence-corrected chi connectivity index (χ3v) is 6.88. The van der Waals surface area contributed by atoms with Gasteiger partial charge in [0.1, 0.15) is 12.4 Å². The van der Waals surface area contributed by atoms with E-state index in [-0.39, 0.29) is 12.5 Å². The molecule has 0 saturated carbocycles. The quantitative estimate of drug-likeness (QED) is 0.476. The Kier molecular flexibility index (Phi) is 5.80. The van der Waals surface area contributed by atoms with Crippen molar-refractivity contribution in [2.45, 2.75) is 12.3 Å². The molecule has 2 aromatic heterocycles. The largest absolute Gasteiger partial charge is 0.378 e. The SMILES string of the molecule is CSCc1nc2ccccc2n1CC(=O)Nc1ccc2nc(N3CCOCC3)sc2c1. The number of morpholine rings is 1. The van der Waals surface area contributed by atoms with Gasteiger partial charge in [0.05, 0.1) is 40.2 Å². The molecule has 0 bridgehead atoms. The molecule has 1 fully saturated rings. The lowest BCUT2D eigenvalue weighted by atomic mass is 10.3. The molecule has 0 unspecified atom stereocenters. The molecule has 4 aromatic rings. The molecule has 9 heteroatoms. The first-order valence-corrected chi connectivity index (χ1v) is 12.4. The van der Waals surface area contributed by atoms with E-state index in [0.717, 1.165) is 69.9 Å². The van der Waals surface area contributed by atoms with Gasteiger partial charge in [-0.3, -0.25) is 4.79 Å². The van der Waals surface area contributed by atoms with Gasteiger partial charge in [-0.2, -0.15) is 11.8 Å². The van der Waals surface area contributed by atoms with Gasteiger partial charge in [-0.1, -0.05) is 23.5 Å². The van der Waals surface area contributed by atoms with Crippen LogP contribution in [0.2, 0.25) is 0 Å². The van der Waals surface area contributed by atoms with E-state index in [0.29, 0.717) is 0 Å². The highest BCUT2D eigenvalue weighted by Crippen LogP contribution is 2.31. The number of amides is 1. The number of benzene rings is 2. The number of hydrogen-bond donors (Lipinski definition) is 1. The van der Waals surface area contributed by atoms with E-state index in [9.17, 15) is 4.79 Å². The van der Waals surface area contributed by atoms with Crippen molar-refractivity contribution in [2.24, 2.45) is 0 Å². The predicted octanol–water partition coefficient (Wildman–Crippen LogP) is 3.98. The second-order valence-electron chi connectivity index (χ2n) is 7.36. The Morgan fingerprint density at radius 1 is 1.16 bits per heavy atom. The van der Waals surface area contributed by atoms with Crippen LogP contribution in [0.15, 0.2) is 42.5 Å². The van der Waals surface area contributed by atoms with Gasteiger partial charge in [0.25, 0.3) is 0 Å². The number of rotatable bonds is 6. The smallest absolute Gasteiger partial charge is 0.244 e. The fourth-order valence-electron chi connectivity index (χ4n) is 3.77. The molecule has 1 aliphatic rings. The molecule has 0 radical (unpaired) electrons. The molecular formula is C22H23N5O2S2. The zero-order chi connectivity index (χ0) is 21.2. The summed E-state index contributed by atoms with van der Waals surface area (Å²) < 4.78 is 8.50. The number of carbonyl (C=O) groups excluding carboxylic acids is 1. The van der Waals surface area contributed by atoms with Crippen molar-refractivity contribution in [2.75, 3.05) is 42.8 Å². The van der Waals surface area contributed by atoms with Crippen LogP contribution in [-0.4, -0.2) is 53.0 Å². The van der Waals surface area contributed by atoms with Gasteiger partial charge in [-0.15, -0.1) is 0 Å². The molecule has 3 heterocycles. The minimum atomic E-state index is -0.0669. The van der Waals surface area contributed by atoms with Crippen LogP contribution in [0.1, 0.15) is 5.82 Å². The molecule has 1 N–H and O–H groups in total. The summed E-state index contributed by atoms with van der Waals surface area (Å²) in [5.74, 6) is 1.61. The molecule has 1 saturated heterocycles. The Morgan fingerprint density at radius 2 is 2.00 bits per heavy atom. The molecule has 2 aromatic carbocycles. The van der Waals surface area contributed by atoms with E-state index in [1.165, 1.54) is 0 Å². The normalized spacial score (nSPS) is 14.4. The van der Waals surface area contributed by atoms with Gasteiger partial charge >= 0.3 is 0 Å². The van der Waals surface area contributed by atoms with Gasteiger partial charge in [0.2, 0.25) is 5.91 Å². The lowest BCUT2D eigenvalue weighted by Crippen LogP contribution is -2.36. The standard InChI is InChI=1S/C22H23N5O2S2/c1-30-14-20-24-16-4-2-3-5-18(16)27(20)13-21(28)23-15-6-7-17-19(12-15)31-22(25-17)26-8-10-29-11-9-26/h2-7,12H,8-11,13-14H2,1H3,(H,23,28).